The maximum atomic E-state index is 12.8. The predicted molar refractivity (Wildman–Crippen MR) is 124 cm³/mol. The summed E-state index contributed by atoms with van der Waals surface area (Å²) < 4.78 is 10.6. The van der Waals surface area contributed by atoms with Crippen molar-refractivity contribution in [3.05, 3.63) is 131 Å². The highest BCUT2D eigenvalue weighted by Gasteiger charge is 2.21. The maximum Gasteiger partial charge on any atom is 0.343 e. The van der Waals surface area contributed by atoms with Gasteiger partial charge in [0.1, 0.15) is 11.5 Å². The summed E-state index contributed by atoms with van der Waals surface area (Å²) in [7, 11) is 0. The van der Waals surface area contributed by atoms with Crippen LogP contribution in [0.4, 0.5) is 0 Å². The molecule has 0 heterocycles. The van der Waals surface area contributed by atoms with E-state index in [1.54, 1.807) is 60.7 Å². The molecule has 0 aliphatic rings. The van der Waals surface area contributed by atoms with E-state index in [-0.39, 0.29) is 22.3 Å². The van der Waals surface area contributed by atoms with E-state index in [1.807, 2.05) is 0 Å². The molecule has 4 aromatic rings. The van der Waals surface area contributed by atoms with Crippen molar-refractivity contribution in [3.8, 4) is 11.5 Å². The molecule has 4 aromatic carbocycles. The lowest BCUT2D eigenvalue weighted by Crippen LogP contribution is -2.17. The number of ether oxygens (including phenoxy) is 2. The summed E-state index contributed by atoms with van der Waals surface area (Å²) in [5.74, 6) is -2.22. The Bertz CT molecular complexity index is 1250. The topological polar surface area (TPSA) is 86.7 Å². The van der Waals surface area contributed by atoms with Crippen molar-refractivity contribution in [3.63, 3.8) is 0 Å². The van der Waals surface area contributed by atoms with E-state index < -0.39 is 23.5 Å². The summed E-state index contributed by atoms with van der Waals surface area (Å²) in [4.78, 5) is 50.5. The Balaban J connectivity index is 1.50. The first-order valence-electron chi connectivity index (χ1n) is 10.3. The third kappa shape index (κ3) is 5.31. The van der Waals surface area contributed by atoms with Gasteiger partial charge in [0, 0.05) is 11.1 Å². The van der Waals surface area contributed by atoms with Gasteiger partial charge in [-0.2, -0.15) is 0 Å². The summed E-state index contributed by atoms with van der Waals surface area (Å²) in [6, 6.07) is 28.5. The average Bonchev–Trinajstić information content (AvgIpc) is 2.89. The standard InChI is InChI=1S/C28H18O6/c29-25(19-9-7-11-21(17-19)27(31)33-23-13-3-1-4-14-23)26(30)20-10-8-12-22(18-20)28(32)34-24-15-5-2-6-16-24/h1-18H. The molecular formula is C28H18O6. The van der Waals surface area contributed by atoms with Crippen molar-refractivity contribution in [2.45, 2.75) is 0 Å². The van der Waals surface area contributed by atoms with E-state index in [1.165, 1.54) is 48.5 Å². The lowest BCUT2D eigenvalue weighted by atomic mass is 9.99. The third-order valence-corrected chi connectivity index (χ3v) is 4.83. The fourth-order valence-electron chi connectivity index (χ4n) is 3.15. The highest BCUT2D eigenvalue weighted by atomic mass is 16.5. The first kappa shape index (κ1) is 22.4. The second-order valence-corrected chi connectivity index (χ2v) is 7.23. The van der Waals surface area contributed by atoms with Gasteiger partial charge >= 0.3 is 11.9 Å². The Labute approximate surface area is 195 Å². The Morgan fingerprint density at radius 1 is 0.412 bits per heavy atom. The SMILES string of the molecule is O=C(Oc1ccccc1)c1cccc(C(=O)C(=O)c2cccc(C(=O)Oc3ccccc3)c2)c1. The number of carbonyl (C=O) groups is 4. The normalized spacial score (nSPS) is 10.2. The number of rotatable bonds is 7. The zero-order chi connectivity index (χ0) is 23.9. The number of para-hydroxylation sites is 2. The van der Waals surface area contributed by atoms with Gasteiger partial charge in [0.05, 0.1) is 11.1 Å². The molecule has 0 saturated heterocycles. The van der Waals surface area contributed by atoms with E-state index in [4.69, 9.17) is 9.47 Å². The van der Waals surface area contributed by atoms with Gasteiger partial charge in [0.15, 0.2) is 0 Å². The molecule has 0 aliphatic carbocycles. The average molecular weight is 450 g/mol. The molecule has 6 nitrogen and oxygen atoms in total. The summed E-state index contributed by atoms with van der Waals surface area (Å²) in [5, 5.41) is 0. The molecule has 34 heavy (non-hydrogen) atoms. The monoisotopic (exact) mass is 450 g/mol. The summed E-state index contributed by atoms with van der Waals surface area (Å²) in [5.41, 5.74) is 0.319. The molecule has 0 bridgehead atoms. The predicted octanol–water partition coefficient (Wildman–Crippen LogP) is 5.19. The van der Waals surface area contributed by atoms with Crippen molar-refractivity contribution in [2.24, 2.45) is 0 Å². The van der Waals surface area contributed by atoms with E-state index in [0.717, 1.165) is 0 Å². The van der Waals surface area contributed by atoms with Crippen molar-refractivity contribution < 1.29 is 28.7 Å². The summed E-state index contributed by atoms with van der Waals surface area (Å²) in [6.45, 7) is 0. The Morgan fingerprint density at radius 2 is 0.765 bits per heavy atom. The van der Waals surface area contributed by atoms with Crippen molar-refractivity contribution >= 4 is 23.5 Å². The van der Waals surface area contributed by atoms with Crippen LogP contribution in [0.2, 0.25) is 0 Å². The number of esters is 2. The lowest BCUT2D eigenvalue weighted by molar-refractivity contribution is 0.0724. The first-order chi connectivity index (χ1) is 16.5. The molecule has 0 amide bonds. The highest BCUT2D eigenvalue weighted by molar-refractivity contribution is 6.49. The molecule has 0 radical (unpaired) electrons. The zero-order valence-corrected chi connectivity index (χ0v) is 17.8. The largest absolute Gasteiger partial charge is 0.423 e. The van der Waals surface area contributed by atoms with Gasteiger partial charge in [-0.3, -0.25) is 9.59 Å². The van der Waals surface area contributed by atoms with Gasteiger partial charge in [-0.05, 0) is 48.5 Å². The maximum absolute atomic E-state index is 12.8. The van der Waals surface area contributed by atoms with Crippen LogP contribution in [-0.4, -0.2) is 23.5 Å². The lowest BCUT2D eigenvalue weighted by Gasteiger charge is -2.07. The molecule has 0 fully saturated rings. The number of ketones is 2. The number of hydrogen-bond donors (Lipinski definition) is 0. The Kier molecular flexibility index (Phi) is 6.70. The van der Waals surface area contributed by atoms with E-state index in [9.17, 15) is 19.2 Å². The van der Waals surface area contributed by atoms with Crippen molar-refractivity contribution in [1.29, 1.82) is 0 Å². The number of Topliss-reactive ketones (excluding diaryl/α,β-unsaturated/α-hetero) is 2. The van der Waals surface area contributed by atoms with Crippen molar-refractivity contribution in [1.82, 2.24) is 0 Å². The fourth-order valence-corrected chi connectivity index (χ4v) is 3.15. The minimum absolute atomic E-state index is 0.0322. The van der Waals surface area contributed by atoms with E-state index in [0.29, 0.717) is 11.5 Å². The van der Waals surface area contributed by atoms with Crippen LogP contribution in [0.25, 0.3) is 0 Å². The molecule has 4 rings (SSSR count). The van der Waals surface area contributed by atoms with Crippen LogP contribution in [-0.2, 0) is 0 Å². The molecule has 0 spiro atoms. The van der Waals surface area contributed by atoms with Crippen LogP contribution >= 0.6 is 0 Å². The molecule has 6 heteroatoms. The number of benzene rings is 4. The summed E-state index contributed by atoms with van der Waals surface area (Å²) in [6.07, 6.45) is 0. The van der Waals surface area contributed by atoms with Crippen LogP contribution < -0.4 is 9.47 Å². The smallest absolute Gasteiger partial charge is 0.343 e. The van der Waals surface area contributed by atoms with Crippen LogP contribution in [0, 0.1) is 0 Å². The molecule has 0 unspecified atom stereocenters. The molecule has 166 valence electrons. The third-order valence-electron chi connectivity index (χ3n) is 4.83. The highest BCUT2D eigenvalue weighted by Crippen LogP contribution is 2.17. The first-order valence-corrected chi connectivity index (χ1v) is 10.3. The zero-order valence-electron chi connectivity index (χ0n) is 17.8. The van der Waals surface area contributed by atoms with Crippen LogP contribution in [0.1, 0.15) is 41.4 Å². The Morgan fingerprint density at radius 3 is 1.15 bits per heavy atom. The summed E-state index contributed by atoms with van der Waals surface area (Å²) >= 11 is 0. The quantitative estimate of drug-likeness (QED) is 0.167. The molecule has 0 aliphatic heterocycles. The Hall–Kier alpha value is -4.84. The van der Waals surface area contributed by atoms with Crippen LogP contribution in [0.3, 0.4) is 0 Å². The molecule has 0 aromatic heterocycles. The van der Waals surface area contributed by atoms with Gasteiger partial charge in [-0.25, -0.2) is 9.59 Å². The number of hydrogen-bond acceptors (Lipinski definition) is 6. The minimum Gasteiger partial charge on any atom is -0.423 e. The second kappa shape index (κ2) is 10.2. The molecule has 0 atom stereocenters. The minimum atomic E-state index is -0.817. The van der Waals surface area contributed by atoms with Crippen molar-refractivity contribution in [2.75, 3.05) is 0 Å². The fraction of sp³-hybridized carbons (Fsp3) is 0. The van der Waals surface area contributed by atoms with Crippen LogP contribution in [0.5, 0.6) is 11.5 Å². The van der Waals surface area contributed by atoms with Crippen LogP contribution in [0.15, 0.2) is 109 Å². The van der Waals surface area contributed by atoms with E-state index >= 15 is 0 Å². The molecular weight excluding hydrogens is 432 g/mol. The van der Waals surface area contributed by atoms with Gasteiger partial charge in [-0.15, -0.1) is 0 Å². The van der Waals surface area contributed by atoms with Gasteiger partial charge < -0.3 is 9.47 Å². The number of carbonyl (C=O) groups excluding carboxylic acids is 4. The van der Waals surface area contributed by atoms with Gasteiger partial charge in [-0.1, -0.05) is 60.7 Å². The second-order valence-electron chi connectivity index (χ2n) is 7.23. The molecule has 0 N–H and O–H groups in total. The van der Waals surface area contributed by atoms with E-state index in [2.05, 4.69) is 0 Å². The molecule has 0 saturated carbocycles. The van der Waals surface area contributed by atoms with Gasteiger partial charge in [0.2, 0.25) is 11.6 Å². The van der Waals surface area contributed by atoms with Gasteiger partial charge in [0.25, 0.3) is 0 Å².